The van der Waals surface area contributed by atoms with E-state index in [-0.39, 0.29) is 24.7 Å². The largest absolute Gasteiger partial charge is 0.483 e. The van der Waals surface area contributed by atoms with Crippen LogP contribution in [0.1, 0.15) is 29.6 Å². The highest BCUT2D eigenvalue weighted by atomic mass is 16.5. The van der Waals surface area contributed by atoms with Gasteiger partial charge in [0.1, 0.15) is 5.75 Å². The van der Waals surface area contributed by atoms with Crippen molar-refractivity contribution in [2.24, 2.45) is 5.73 Å². The van der Waals surface area contributed by atoms with Crippen molar-refractivity contribution in [2.45, 2.75) is 19.3 Å². The van der Waals surface area contributed by atoms with E-state index in [1.165, 1.54) is 0 Å². The van der Waals surface area contributed by atoms with Gasteiger partial charge in [-0.3, -0.25) is 9.59 Å². The van der Waals surface area contributed by atoms with Crippen molar-refractivity contribution in [1.82, 2.24) is 4.90 Å². The third-order valence-electron chi connectivity index (χ3n) is 3.08. The van der Waals surface area contributed by atoms with Gasteiger partial charge >= 0.3 is 0 Å². The molecule has 0 saturated carbocycles. The Hall–Kier alpha value is -2.08. The third-order valence-corrected chi connectivity index (χ3v) is 3.08. The number of amides is 2. The van der Waals surface area contributed by atoms with E-state index in [4.69, 9.17) is 15.6 Å². The molecule has 0 aromatic heterocycles. The smallest absolute Gasteiger partial charge is 0.260 e. The van der Waals surface area contributed by atoms with Crippen LogP contribution in [-0.2, 0) is 4.79 Å². The first-order valence-corrected chi connectivity index (χ1v) is 6.92. The van der Waals surface area contributed by atoms with E-state index in [2.05, 4.69) is 0 Å². The van der Waals surface area contributed by atoms with E-state index in [9.17, 15) is 9.59 Å². The monoisotopic (exact) mass is 294 g/mol. The van der Waals surface area contributed by atoms with Crippen LogP contribution in [0.4, 0.5) is 0 Å². The summed E-state index contributed by atoms with van der Waals surface area (Å²) >= 11 is 0. The summed E-state index contributed by atoms with van der Waals surface area (Å²) in [5, 5.41) is 8.68. The molecule has 0 aliphatic rings. The van der Waals surface area contributed by atoms with E-state index < -0.39 is 5.91 Å². The maximum atomic E-state index is 11.9. The zero-order valence-electron chi connectivity index (χ0n) is 12.2. The van der Waals surface area contributed by atoms with E-state index in [1.54, 1.807) is 36.2 Å². The Labute approximate surface area is 124 Å². The number of aliphatic hydroxyl groups is 1. The number of nitrogens with two attached hydrogens (primary N) is 1. The summed E-state index contributed by atoms with van der Waals surface area (Å²) < 4.78 is 5.38. The predicted molar refractivity (Wildman–Crippen MR) is 79.0 cm³/mol. The van der Waals surface area contributed by atoms with Gasteiger partial charge in [0.25, 0.3) is 11.8 Å². The highest BCUT2D eigenvalue weighted by Crippen LogP contribution is 2.17. The molecule has 0 fully saturated rings. The van der Waals surface area contributed by atoms with Crippen LogP contribution >= 0.6 is 0 Å². The molecule has 0 aliphatic heterocycles. The van der Waals surface area contributed by atoms with Crippen molar-refractivity contribution in [3.63, 3.8) is 0 Å². The summed E-state index contributed by atoms with van der Waals surface area (Å²) in [6, 6.07) is 6.56. The average Bonchev–Trinajstić information content (AvgIpc) is 2.49. The number of unbranched alkanes of at least 4 members (excludes halogenated alkanes) is 2. The first kappa shape index (κ1) is 17.0. The van der Waals surface area contributed by atoms with Crippen LogP contribution < -0.4 is 10.5 Å². The molecule has 0 unspecified atom stereocenters. The lowest BCUT2D eigenvalue weighted by Crippen LogP contribution is -2.32. The first-order valence-electron chi connectivity index (χ1n) is 6.92. The molecule has 0 saturated heterocycles. The number of ether oxygens (including phenoxy) is 1. The number of carbonyl (C=O) groups is 2. The number of likely N-dealkylation sites (N-methyl/N-ethyl adjacent to an activating group) is 1. The zero-order valence-corrected chi connectivity index (χ0v) is 12.2. The lowest BCUT2D eigenvalue weighted by atomic mass is 10.2. The van der Waals surface area contributed by atoms with Crippen LogP contribution in [0.2, 0.25) is 0 Å². The molecule has 0 heterocycles. The van der Waals surface area contributed by atoms with Gasteiger partial charge in [-0.2, -0.15) is 0 Å². The SMILES string of the molecule is CN(CCCCCO)C(=O)COc1ccccc1C(N)=O. The second-order valence-corrected chi connectivity index (χ2v) is 4.75. The fraction of sp³-hybridized carbons (Fsp3) is 0.467. The Bertz CT molecular complexity index is 476. The fourth-order valence-electron chi connectivity index (χ4n) is 1.81. The molecular formula is C15H22N2O4. The van der Waals surface area contributed by atoms with Crippen molar-refractivity contribution in [3.8, 4) is 5.75 Å². The minimum atomic E-state index is -0.588. The van der Waals surface area contributed by atoms with Gasteiger partial charge in [0.05, 0.1) is 5.56 Å². The number of benzene rings is 1. The number of hydrogen-bond donors (Lipinski definition) is 2. The second-order valence-electron chi connectivity index (χ2n) is 4.75. The van der Waals surface area contributed by atoms with Crippen molar-refractivity contribution in [3.05, 3.63) is 29.8 Å². The summed E-state index contributed by atoms with van der Waals surface area (Å²) in [4.78, 5) is 24.7. The Morgan fingerprint density at radius 2 is 1.95 bits per heavy atom. The van der Waals surface area contributed by atoms with E-state index in [0.717, 1.165) is 19.3 Å². The number of para-hydroxylation sites is 1. The summed E-state index contributed by atoms with van der Waals surface area (Å²) in [7, 11) is 1.70. The molecule has 2 amide bonds. The first-order chi connectivity index (χ1) is 10.1. The summed E-state index contributed by atoms with van der Waals surface area (Å²) in [6.45, 7) is 0.644. The molecular weight excluding hydrogens is 272 g/mol. The topological polar surface area (TPSA) is 92.9 Å². The highest BCUT2D eigenvalue weighted by molar-refractivity contribution is 5.95. The number of nitrogens with zero attached hydrogens (tertiary/aromatic N) is 1. The lowest BCUT2D eigenvalue weighted by molar-refractivity contribution is -0.132. The predicted octanol–water partition coefficient (Wildman–Crippen LogP) is 0.785. The molecule has 0 atom stereocenters. The van der Waals surface area contributed by atoms with Gasteiger partial charge in [-0.1, -0.05) is 12.1 Å². The summed E-state index contributed by atoms with van der Waals surface area (Å²) in [5.41, 5.74) is 5.50. The molecule has 3 N–H and O–H groups in total. The molecule has 1 aromatic carbocycles. The molecule has 1 aromatic rings. The maximum absolute atomic E-state index is 11.9. The van der Waals surface area contributed by atoms with Gasteiger partial charge < -0.3 is 20.5 Å². The highest BCUT2D eigenvalue weighted by Gasteiger charge is 2.12. The Morgan fingerprint density at radius 3 is 2.62 bits per heavy atom. The molecule has 0 spiro atoms. The van der Waals surface area contributed by atoms with Gasteiger partial charge in [-0.15, -0.1) is 0 Å². The van der Waals surface area contributed by atoms with Crippen LogP contribution in [0, 0.1) is 0 Å². The van der Waals surface area contributed by atoms with Crippen LogP contribution in [0.25, 0.3) is 0 Å². The number of primary amides is 1. The van der Waals surface area contributed by atoms with Gasteiger partial charge in [-0.05, 0) is 31.4 Å². The molecule has 21 heavy (non-hydrogen) atoms. The molecule has 0 aliphatic carbocycles. The van der Waals surface area contributed by atoms with Gasteiger partial charge in [0.2, 0.25) is 0 Å². The molecule has 6 heteroatoms. The standard InChI is InChI=1S/C15H22N2O4/c1-17(9-5-2-6-10-18)14(19)11-21-13-8-4-3-7-12(13)15(16)20/h3-4,7-8,18H,2,5-6,9-11H2,1H3,(H2,16,20). The van der Waals surface area contributed by atoms with Crippen LogP contribution in [0.5, 0.6) is 5.75 Å². The van der Waals surface area contributed by atoms with E-state index >= 15 is 0 Å². The maximum Gasteiger partial charge on any atom is 0.260 e. The minimum absolute atomic E-state index is 0.138. The van der Waals surface area contributed by atoms with E-state index in [1.807, 2.05) is 0 Å². The van der Waals surface area contributed by atoms with E-state index in [0.29, 0.717) is 12.3 Å². The van der Waals surface area contributed by atoms with Gasteiger partial charge in [0, 0.05) is 20.2 Å². The number of hydrogen-bond acceptors (Lipinski definition) is 4. The number of aliphatic hydroxyl groups excluding tert-OH is 1. The molecule has 1 rings (SSSR count). The van der Waals surface area contributed by atoms with Crippen LogP contribution in [-0.4, -0.2) is 48.6 Å². The second kappa shape index (κ2) is 8.97. The van der Waals surface area contributed by atoms with Crippen molar-refractivity contribution in [1.29, 1.82) is 0 Å². The quantitative estimate of drug-likeness (QED) is 0.658. The Morgan fingerprint density at radius 1 is 1.24 bits per heavy atom. The molecule has 6 nitrogen and oxygen atoms in total. The lowest BCUT2D eigenvalue weighted by Gasteiger charge is -2.17. The molecule has 116 valence electrons. The van der Waals surface area contributed by atoms with Crippen molar-refractivity contribution < 1.29 is 19.4 Å². The minimum Gasteiger partial charge on any atom is -0.483 e. The Kier molecular flexibility index (Phi) is 7.25. The van der Waals surface area contributed by atoms with Crippen LogP contribution in [0.3, 0.4) is 0 Å². The average molecular weight is 294 g/mol. The summed E-state index contributed by atoms with van der Waals surface area (Å²) in [6.07, 6.45) is 2.45. The molecule has 0 radical (unpaired) electrons. The van der Waals surface area contributed by atoms with Crippen molar-refractivity contribution >= 4 is 11.8 Å². The number of carbonyl (C=O) groups excluding carboxylic acids is 2. The normalized spacial score (nSPS) is 10.2. The fourth-order valence-corrected chi connectivity index (χ4v) is 1.81. The van der Waals surface area contributed by atoms with Crippen molar-refractivity contribution in [2.75, 3.05) is 26.8 Å². The number of rotatable bonds is 9. The van der Waals surface area contributed by atoms with Gasteiger partial charge in [-0.25, -0.2) is 0 Å². The summed E-state index contributed by atoms with van der Waals surface area (Å²) in [5.74, 6) is -0.444. The molecule has 0 bridgehead atoms. The third kappa shape index (κ3) is 5.83. The Balaban J connectivity index is 2.44. The van der Waals surface area contributed by atoms with Gasteiger partial charge in [0.15, 0.2) is 6.61 Å². The zero-order chi connectivity index (χ0) is 15.7. The van der Waals surface area contributed by atoms with Crippen LogP contribution in [0.15, 0.2) is 24.3 Å².